The highest BCUT2D eigenvalue weighted by atomic mass is 79.9. The van der Waals surface area contributed by atoms with Crippen LogP contribution in [0.1, 0.15) is 19.5 Å². The number of hydrogen-bond acceptors (Lipinski definition) is 3. The molecule has 3 nitrogen and oxygen atoms in total. The summed E-state index contributed by atoms with van der Waals surface area (Å²) in [5.41, 5.74) is 1.19. The first-order valence-electron chi connectivity index (χ1n) is 6.18. The van der Waals surface area contributed by atoms with Gasteiger partial charge in [0.1, 0.15) is 5.82 Å². The van der Waals surface area contributed by atoms with Crippen LogP contribution in [0.25, 0.3) is 11.3 Å². The Morgan fingerprint density at radius 1 is 1.37 bits per heavy atom. The second-order valence-corrected chi connectivity index (χ2v) is 5.75. The third-order valence-corrected chi connectivity index (χ3v) is 3.10. The highest BCUT2D eigenvalue weighted by Gasteiger charge is 2.11. The lowest BCUT2D eigenvalue weighted by Gasteiger charge is -2.04. The van der Waals surface area contributed by atoms with E-state index in [0.717, 1.165) is 16.7 Å². The van der Waals surface area contributed by atoms with Crippen LogP contribution in [0.3, 0.4) is 0 Å². The third kappa shape index (κ3) is 3.88. The molecule has 0 aliphatic heterocycles. The Balaban J connectivity index is 2.10. The molecule has 19 heavy (non-hydrogen) atoms. The van der Waals surface area contributed by atoms with Crippen LogP contribution in [-0.2, 0) is 6.54 Å². The van der Waals surface area contributed by atoms with Gasteiger partial charge in [-0.15, -0.1) is 0 Å². The quantitative estimate of drug-likeness (QED) is 0.902. The van der Waals surface area contributed by atoms with Crippen molar-refractivity contribution in [1.29, 1.82) is 0 Å². The Labute approximate surface area is 120 Å². The molecule has 2 aromatic rings. The summed E-state index contributed by atoms with van der Waals surface area (Å²) in [5, 5.41) is 7.21. The average molecular weight is 327 g/mol. The molecule has 0 fully saturated rings. The Hall–Kier alpha value is -1.20. The Bertz CT molecular complexity index is 554. The summed E-state index contributed by atoms with van der Waals surface area (Å²) in [6, 6.07) is 6.50. The fraction of sp³-hybridized carbons (Fsp3) is 0.357. The van der Waals surface area contributed by atoms with Crippen molar-refractivity contribution in [2.24, 2.45) is 5.92 Å². The zero-order valence-electron chi connectivity index (χ0n) is 10.9. The highest BCUT2D eigenvalue weighted by molar-refractivity contribution is 9.10. The Morgan fingerprint density at radius 2 is 2.16 bits per heavy atom. The van der Waals surface area contributed by atoms with E-state index in [9.17, 15) is 4.39 Å². The fourth-order valence-electron chi connectivity index (χ4n) is 1.70. The molecule has 0 atom stereocenters. The van der Waals surface area contributed by atoms with Crippen molar-refractivity contribution >= 4 is 15.9 Å². The molecule has 0 amide bonds. The molecule has 0 aliphatic carbocycles. The number of halogens is 2. The normalized spacial score (nSPS) is 11.2. The van der Waals surface area contributed by atoms with Crippen molar-refractivity contribution in [2.45, 2.75) is 20.4 Å². The Morgan fingerprint density at radius 3 is 2.89 bits per heavy atom. The van der Waals surface area contributed by atoms with E-state index >= 15 is 0 Å². The predicted octanol–water partition coefficient (Wildman–Crippen LogP) is 3.99. The van der Waals surface area contributed by atoms with E-state index in [4.69, 9.17) is 4.52 Å². The van der Waals surface area contributed by atoms with Gasteiger partial charge in [0, 0.05) is 17.1 Å². The lowest BCUT2D eigenvalue weighted by molar-refractivity contribution is 0.416. The molecule has 1 N–H and O–H groups in total. The SMILES string of the molecule is CC(C)CNCc1cc(-c2cc(Br)ccc2F)on1. The maximum atomic E-state index is 13.7. The summed E-state index contributed by atoms with van der Waals surface area (Å²) < 4.78 is 19.7. The molecule has 0 radical (unpaired) electrons. The van der Waals surface area contributed by atoms with Crippen molar-refractivity contribution in [3.8, 4) is 11.3 Å². The second-order valence-electron chi connectivity index (χ2n) is 4.83. The molecule has 1 aromatic heterocycles. The molecule has 0 saturated carbocycles. The Kier molecular flexibility index (Phi) is 4.71. The molecule has 0 spiro atoms. The minimum atomic E-state index is -0.318. The van der Waals surface area contributed by atoms with E-state index < -0.39 is 0 Å². The average Bonchev–Trinajstić information content (AvgIpc) is 2.80. The summed E-state index contributed by atoms with van der Waals surface area (Å²) in [5.74, 6) is 0.704. The van der Waals surface area contributed by atoms with Crippen LogP contribution in [0, 0.1) is 11.7 Å². The van der Waals surface area contributed by atoms with Crippen LogP contribution in [-0.4, -0.2) is 11.7 Å². The monoisotopic (exact) mass is 326 g/mol. The lowest BCUT2D eigenvalue weighted by atomic mass is 10.1. The van der Waals surface area contributed by atoms with Crippen molar-refractivity contribution in [1.82, 2.24) is 10.5 Å². The minimum Gasteiger partial charge on any atom is -0.356 e. The van der Waals surface area contributed by atoms with Crippen LogP contribution in [0.2, 0.25) is 0 Å². The molecule has 102 valence electrons. The van der Waals surface area contributed by atoms with Crippen LogP contribution >= 0.6 is 15.9 Å². The molecular weight excluding hydrogens is 311 g/mol. The molecule has 5 heteroatoms. The topological polar surface area (TPSA) is 38.1 Å². The second kappa shape index (κ2) is 6.30. The van der Waals surface area contributed by atoms with Crippen LogP contribution < -0.4 is 5.32 Å². The van der Waals surface area contributed by atoms with Crippen molar-refractivity contribution < 1.29 is 8.91 Å². The maximum absolute atomic E-state index is 13.7. The standard InChI is InChI=1S/C14H16BrFN2O/c1-9(2)7-17-8-11-6-14(19-18-11)12-5-10(15)3-4-13(12)16/h3-6,9,17H,7-8H2,1-2H3. The number of nitrogens with zero attached hydrogens (tertiary/aromatic N) is 1. The van der Waals surface area contributed by atoms with E-state index in [1.807, 2.05) is 0 Å². The molecule has 0 unspecified atom stereocenters. The number of rotatable bonds is 5. The van der Waals surface area contributed by atoms with Gasteiger partial charge in [-0.2, -0.15) is 0 Å². The molecule has 1 aromatic carbocycles. The predicted molar refractivity (Wildman–Crippen MR) is 76.1 cm³/mol. The van der Waals surface area contributed by atoms with Gasteiger partial charge in [0.15, 0.2) is 5.76 Å². The van der Waals surface area contributed by atoms with Crippen LogP contribution in [0.15, 0.2) is 33.3 Å². The van der Waals surface area contributed by atoms with Gasteiger partial charge in [-0.3, -0.25) is 0 Å². The molecule has 0 saturated heterocycles. The summed E-state index contributed by atoms with van der Waals surface area (Å²) in [4.78, 5) is 0. The summed E-state index contributed by atoms with van der Waals surface area (Å²) in [6.07, 6.45) is 0. The van der Waals surface area contributed by atoms with E-state index in [1.165, 1.54) is 6.07 Å². The van der Waals surface area contributed by atoms with Crippen molar-refractivity contribution in [3.63, 3.8) is 0 Å². The molecule has 1 heterocycles. The van der Waals surface area contributed by atoms with Gasteiger partial charge in [0.2, 0.25) is 0 Å². The fourth-order valence-corrected chi connectivity index (χ4v) is 2.06. The van der Waals surface area contributed by atoms with Gasteiger partial charge in [-0.1, -0.05) is 34.9 Å². The van der Waals surface area contributed by atoms with Gasteiger partial charge in [0.25, 0.3) is 0 Å². The van der Waals surface area contributed by atoms with Gasteiger partial charge in [-0.25, -0.2) is 4.39 Å². The van der Waals surface area contributed by atoms with E-state index in [0.29, 0.717) is 23.8 Å². The molecule has 0 bridgehead atoms. The smallest absolute Gasteiger partial charge is 0.170 e. The van der Waals surface area contributed by atoms with Crippen LogP contribution in [0.5, 0.6) is 0 Å². The first kappa shape index (κ1) is 14.2. The minimum absolute atomic E-state index is 0.318. The third-order valence-electron chi connectivity index (χ3n) is 2.61. The number of hydrogen-bond donors (Lipinski definition) is 1. The molecule has 2 rings (SSSR count). The van der Waals surface area contributed by atoms with E-state index in [2.05, 4.69) is 40.3 Å². The van der Waals surface area contributed by atoms with Crippen LogP contribution in [0.4, 0.5) is 4.39 Å². The molecular formula is C14H16BrFN2O. The van der Waals surface area contributed by atoms with Crippen molar-refractivity contribution in [2.75, 3.05) is 6.54 Å². The molecule has 0 aliphatic rings. The number of nitrogens with one attached hydrogen (secondary N) is 1. The first-order valence-corrected chi connectivity index (χ1v) is 6.97. The van der Waals surface area contributed by atoms with Crippen molar-refractivity contribution in [3.05, 3.63) is 40.2 Å². The van der Waals surface area contributed by atoms with Gasteiger partial charge in [-0.05, 0) is 30.7 Å². The highest BCUT2D eigenvalue weighted by Crippen LogP contribution is 2.26. The largest absolute Gasteiger partial charge is 0.356 e. The van der Waals surface area contributed by atoms with Gasteiger partial charge < -0.3 is 9.84 Å². The summed E-state index contributed by atoms with van der Waals surface area (Å²) in [7, 11) is 0. The number of aromatic nitrogens is 1. The zero-order chi connectivity index (χ0) is 13.8. The maximum Gasteiger partial charge on any atom is 0.170 e. The number of benzene rings is 1. The summed E-state index contributed by atoms with van der Waals surface area (Å²) >= 11 is 3.32. The lowest BCUT2D eigenvalue weighted by Crippen LogP contribution is -2.18. The van der Waals surface area contributed by atoms with E-state index in [1.54, 1.807) is 18.2 Å². The first-order chi connectivity index (χ1) is 9.06. The van der Waals surface area contributed by atoms with E-state index in [-0.39, 0.29) is 5.82 Å². The zero-order valence-corrected chi connectivity index (χ0v) is 12.5. The summed E-state index contributed by atoms with van der Waals surface area (Å²) in [6.45, 7) is 5.81. The van der Waals surface area contributed by atoms with Gasteiger partial charge >= 0.3 is 0 Å². The van der Waals surface area contributed by atoms with Gasteiger partial charge in [0.05, 0.1) is 11.3 Å².